The first-order chi connectivity index (χ1) is 15.9. The van der Waals surface area contributed by atoms with Crippen molar-refractivity contribution in [3.05, 3.63) is 42.1 Å². The second kappa shape index (κ2) is 9.76. The normalized spacial score (nSPS) is 22.8. The van der Waals surface area contributed by atoms with E-state index in [4.69, 9.17) is 0 Å². The number of hydrogen-bond donors (Lipinski definition) is 4. The third kappa shape index (κ3) is 4.79. The molecular formula is C24H30N4O5. The Labute approximate surface area is 192 Å². The number of piperazine rings is 1. The highest BCUT2D eigenvalue weighted by Crippen LogP contribution is 2.32. The van der Waals surface area contributed by atoms with Crippen LogP contribution in [0.3, 0.4) is 0 Å². The van der Waals surface area contributed by atoms with Crippen LogP contribution in [0.1, 0.15) is 31.4 Å². The fraction of sp³-hybridized carbons (Fsp3) is 0.458. The fourth-order valence-electron chi connectivity index (χ4n) is 4.88. The number of rotatable bonds is 7. The van der Waals surface area contributed by atoms with Gasteiger partial charge < -0.3 is 25.4 Å². The number of carboxylic acid groups (broad SMARTS) is 2. The molecule has 1 aromatic carbocycles. The van der Waals surface area contributed by atoms with Crippen LogP contribution in [-0.2, 0) is 14.4 Å². The standard InChI is InChI=1S/C24H30N4O5/c1-2-27-9-11-28(12-10-27)21(24(32)33)19-14-25-20-8-7-15(13-18(19)20)26-22(29)16-5-3-4-6-17(16)23(30)31/h3-4,7-8,13-14,16-17,21,25H,2,5-6,9-12H2,1H3,(H,26,29)(H,30,31)(H,32,33)/t16-,17+,21-/m0/s1. The Balaban J connectivity index is 1.58. The number of anilines is 1. The van der Waals surface area contributed by atoms with Gasteiger partial charge in [-0.15, -0.1) is 0 Å². The van der Waals surface area contributed by atoms with Gasteiger partial charge in [0, 0.05) is 54.5 Å². The minimum absolute atomic E-state index is 0.333. The predicted molar refractivity (Wildman–Crippen MR) is 124 cm³/mol. The molecule has 2 heterocycles. The predicted octanol–water partition coefficient (Wildman–Crippen LogP) is 2.54. The molecule has 1 aliphatic carbocycles. The van der Waals surface area contributed by atoms with E-state index in [0.29, 0.717) is 37.2 Å². The average molecular weight is 455 g/mol. The first-order valence-corrected chi connectivity index (χ1v) is 11.4. The smallest absolute Gasteiger partial charge is 0.325 e. The molecule has 33 heavy (non-hydrogen) atoms. The van der Waals surface area contributed by atoms with Gasteiger partial charge in [-0.1, -0.05) is 19.1 Å². The van der Waals surface area contributed by atoms with Gasteiger partial charge in [-0.25, -0.2) is 0 Å². The lowest BCUT2D eigenvalue weighted by Crippen LogP contribution is -2.49. The number of aliphatic carboxylic acids is 2. The Bertz CT molecular complexity index is 1070. The zero-order valence-electron chi connectivity index (χ0n) is 18.7. The Hall–Kier alpha value is -3.17. The van der Waals surface area contributed by atoms with Crippen LogP contribution in [0, 0.1) is 11.8 Å². The molecule has 176 valence electrons. The van der Waals surface area contributed by atoms with Gasteiger partial charge in [-0.3, -0.25) is 19.3 Å². The third-order valence-corrected chi connectivity index (χ3v) is 6.82. The van der Waals surface area contributed by atoms with E-state index in [9.17, 15) is 24.6 Å². The van der Waals surface area contributed by atoms with E-state index in [-0.39, 0.29) is 5.91 Å². The van der Waals surface area contributed by atoms with Gasteiger partial charge in [0.1, 0.15) is 6.04 Å². The molecule has 1 aromatic heterocycles. The van der Waals surface area contributed by atoms with Crippen LogP contribution in [0.4, 0.5) is 5.69 Å². The number of nitrogens with zero attached hydrogens (tertiary/aromatic N) is 2. The number of carbonyl (C=O) groups is 3. The quantitative estimate of drug-likeness (QED) is 0.474. The number of fused-ring (bicyclic) bond motifs is 1. The number of likely N-dealkylation sites (N-methyl/N-ethyl adjacent to an activating group) is 1. The zero-order valence-corrected chi connectivity index (χ0v) is 18.7. The summed E-state index contributed by atoms with van der Waals surface area (Å²) in [4.78, 5) is 44.1. The summed E-state index contributed by atoms with van der Waals surface area (Å²) in [5, 5.41) is 23.1. The van der Waals surface area contributed by atoms with E-state index in [2.05, 4.69) is 22.1 Å². The van der Waals surface area contributed by atoms with Gasteiger partial charge >= 0.3 is 11.9 Å². The van der Waals surface area contributed by atoms with Gasteiger partial charge in [0.15, 0.2) is 0 Å². The molecule has 1 amide bonds. The van der Waals surface area contributed by atoms with Crippen molar-refractivity contribution in [3.63, 3.8) is 0 Å². The lowest BCUT2D eigenvalue weighted by Gasteiger charge is -2.37. The lowest BCUT2D eigenvalue weighted by molar-refractivity contribution is -0.146. The van der Waals surface area contributed by atoms with E-state index in [1.807, 2.05) is 11.0 Å². The van der Waals surface area contributed by atoms with Crippen molar-refractivity contribution in [3.8, 4) is 0 Å². The molecule has 1 fully saturated rings. The van der Waals surface area contributed by atoms with Gasteiger partial charge in [0.25, 0.3) is 0 Å². The molecule has 1 aliphatic heterocycles. The Morgan fingerprint density at radius 1 is 1.09 bits per heavy atom. The van der Waals surface area contributed by atoms with E-state index < -0.39 is 29.8 Å². The fourth-order valence-corrected chi connectivity index (χ4v) is 4.88. The number of hydrogen-bond acceptors (Lipinski definition) is 5. The SMILES string of the molecule is CCN1CCN([C@H](C(=O)O)c2c[nH]c3ccc(NC(=O)[C@H]4CC=CC[C@H]4C(=O)O)cc23)CC1. The van der Waals surface area contributed by atoms with Crippen molar-refractivity contribution in [1.29, 1.82) is 0 Å². The second-order valence-corrected chi connectivity index (χ2v) is 8.70. The third-order valence-electron chi connectivity index (χ3n) is 6.82. The Morgan fingerprint density at radius 3 is 2.42 bits per heavy atom. The molecule has 3 atom stereocenters. The molecule has 0 saturated carbocycles. The van der Waals surface area contributed by atoms with Crippen LogP contribution < -0.4 is 5.32 Å². The van der Waals surface area contributed by atoms with Crippen LogP contribution in [0.15, 0.2) is 36.5 Å². The minimum Gasteiger partial charge on any atom is -0.481 e. The first-order valence-electron chi connectivity index (χ1n) is 11.4. The highest BCUT2D eigenvalue weighted by molar-refractivity contribution is 5.98. The van der Waals surface area contributed by atoms with Crippen LogP contribution >= 0.6 is 0 Å². The van der Waals surface area contributed by atoms with E-state index >= 15 is 0 Å². The summed E-state index contributed by atoms with van der Waals surface area (Å²) in [7, 11) is 0. The monoisotopic (exact) mass is 454 g/mol. The van der Waals surface area contributed by atoms with Crippen molar-refractivity contribution in [1.82, 2.24) is 14.8 Å². The molecule has 4 rings (SSSR count). The Morgan fingerprint density at radius 2 is 1.79 bits per heavy atom. The van der Waals surface area contributed by atoms with Crippen molar-refractivity contribution >= 4 is 34.4 Å². The van der Waals surface area contributed by atoms with E-state index in [1.165, 1.54) is 0 Å². The zero-order chi connectivity index (χ0) is 23.5. The number of carboxylic acids is 2. The maximum Gasteiger partial charge on any atom is 0.325 e. The van der Waals surface area contributed by atoms with Gasteiger partial charge in [-0.2, -0.15) is 0 Å². The largest absolute Gasteiger partial charge is 0.481 e. The van der Waals surface area contributed by atoms with E-state index in [0.717, 1.165) is 30.5 Å². The Kier molecular flexibility index (Phi) is 6.80. The molecule has 9 nitrogen and oxygen atoms in total. The highest BCUT2D eigenvalue weighted by Gasteiger charge is 2.34. The molecule has 9 heteroatoms. The molecular weight excluding hydrogens is 424 g/mol. The van der Waals surface area contributed by atoms with Crippen LogP contribution in [0.2, 0.25) is 0 Å². The van der Waals surface area contributed by atoms with Gasteiger partial charge in [-0.05, 0) is 37.6 Å². The van der Waals surface area contributed by atoms with E-state index in [1.54, 1.807) is 30.5 Å². The molecule has 0 spiro atoms. The number of nitrogens with one attached hydrogen (secondary N) is 2. The molecule has 2 aliphatic rings. The van der Waals surface area contributed by atoms with Crippen LogP contribution in [-0.4, -0.2) is 75.6 Å². The number of carbonyl (C=O) groups excluding carboxylic acids is 1. The maximum absolute atomic E-state index is 12.9. The van der Waals surface area contributed by atoms with Crippen LogP contribution in [0.25, 0.3) is 10.9 Å². The topological polar surface area (TPSA) is 126 Å². The second-order valence-electron chi connectivity index (χ2n) is 8.70. The lowest BCUT2D eigenvalue weighted by atomic mass is 9.82. The first kappa shape index (κ1) is 23.0. The number of aromatic amines is 1. The molecule has 0 radical (unpaired) electrons. The molecule has 4 N–H and O–H groups in total. The summed E-state index contributed by atoms with van der Waals surface area (Å²) in [5.41, 5.74) is 1.96. The van der Waals surface area contributed by atoms with Gasteiger partial charge in [0.05, 0.1) is 11.8 Å². The number of aromatic nitrogens is 1. The summed E-state index contributed by atoms with van der Waals surface area (Å²) in [6, 6.07) is 4.53. The highest BCUT2D eigenvalue weighted by atomic mass is 16.4. The molecule has 0 unspecified atom stereocenters. The van der Waals surface area contributed by atoms with Crippen LogP contribution in [0.5, 0.6) is 0 Å². The summed E-state index contributed by atoms with van der Waals surface area (Å²) in [5.74, 6) is -3.62. The summed E-state index contributed by atoms with van der Waals surface area (Å²) >= 11 is 0. The summed E-state index contributed by atoms with van der Waals surface area (Å²) in [6.07, 6.45) is 6.08. The number of allylic oxidation sites excluding steroid dienone is 2. The summed E-state index contributed by atoms with van der Waals surface area (Å²) in [6.45, 7) is 6.03. The maximum atomic E-state index is 12.9. The molecule has 2 aromatic rings. The van der Waals surface area contributed by atoms with Crippen molar-refractivity contribution in [2.45, 2.75) is 25.8 Å². The number of amides is 1. The minimum atomic E-state index is -0.977. The van der Waals surface area contributed by atoms with Gasteiger partial charge in [0.2, 0.25) is 5.91 Å². The summed E-state index contributed by atoms with van der Waals surface area (Å²) < 4.78 is 0. The number of H-pyrrole nitrogens is 1. The number of benzene rings is 1. The van der Waals surface area contributed by atoms with Crippen molar-refractivity contribution < 1.29 is 24.6 Å². The van der Waals surface area contributed by atoms with Crippen molar-refractivity contribution in [2.24, 2.45) is 11.8 Å². The molecule has 1 saturated heterocycles. The molecule has 0 bridgehead atoms. The average Bonchev–Trinajstić information content (AvgIpc) is 3.22. The van der Waals surface area contributed by atoms with Crippen molar-refractivity contribution in [2.75, 3.05) is 38.0 Å².